The lowest BCUT2D eigenvalue weighted by Gasteiger charge is -2.32. The highest BCUT2D eigenvalue weighted by molar-refractivity contribution is 7.99. The fourth-order valence-corrected chi connectivity index (χ4v) is 5.73. The van der Waals surface area contributed by atoms with Crippen LogP contribution in [0.25, 0.3) is 15.9 Å². The average Bonchev–Trinajstić information content (AvgIpc) is 3.10. The van der Waals surface area contributed by atoms with Gasteiger partial charge in [-0.05, 0) is 49.1 Å². The van der Waals surface area contributed by atoms with Crippen LogP contribution in [0.4, 0.5) is 0 Å². The molecule has 0 spiro atoms. The lowest BCUT2D eigenvalue weighted by molar-refractivity contribution is -0.0543. The number of methoxy groups -OCH3 is 1. The van der Waals surface area contributed by atoms with E-state index in [9.17, 15) is 4.79 Å². The summed E-state index contributed by atoms with van der Waals surface area (Å²) >= 11 is 3.24. The van der Waals surface area contributed by atoms with Gasteiger partial charge in [0.1, 0.15) is 10.6 Å². The van der Waals surface area contributed by atoms with Crippen molar-refractivity contribution in [1.82, 2.24) is 9.55 Å². The van der Waals surface area contributed by atoms with Crippen molar-refractivity contribution in [2.45, 2.75) is 57.9 Å². The molecule has 1 aliphatic rings. The molecule has 0 bridgehead atoms. The first-order chi connectivity index (χ1) is 14.3. The van der Waals surface area contributed by atoms with Gasteiger partial charge in [-0.3, -0.25) is 9.36 Å². The van der Waals surface area contributed by atoms with E-state index >= 15 is 0 Å². The highest BCUT2D eigenvalue weighted by atomic mass is 32.2. The van der Waals surface area contributed by atoms with Gasteiger partial charge in [-0.25, -0.2) is 4.98 Å². The van der Waals surface area contributed by atoms with Crippen molar-refractivity contribution in [3.8, 4) is 11.4 Å². The van der Waals surface area contributed by atoms with Gasteiger partial charge in [0.15, 0.2) is 5.16 Å². The molecule has 2 aromatic heterocycles. The largest absolute Gasteiger partial charge is 0.497 e. The van der Waals surface area contributed by atoms with E-state index in [2.05, 4.69) is 27.7 Å². The number of aromatic nitrogens is 2. The average molecular weight is 445 g/mol. The van der Waals surface area contributed by atoms with Crippen LogP contribution in [0.5, 0.6) is 5.75 Å². The number of rotatable bonds is 6. The van der Waals surface area contributed by atoms with E-state index in [1.807, 2.05) is 24.3 Å². The molecule has 0 amide bonds. The van der Waals surface area contributed by atoms with Crippen molar-refractivity contribution in [1.29, 1.82) is 0 Å². The topological polar surface area (TPSA) is 53.4 Å². The number of fused-ring (bicyclic) bond motifs is 3. The van der Waals surface area contributed by atoms with Gasteiger partial charge in [0.25, 0.3) is 5.56 Å². The molecule has 1 aromatic carbocycles. The molecule has 0 aliphatic carbocycles. The molecule has 3 aromatic rings. The molecule has 1 atom stereocenters. The molecule has 1 unspecified atom stereocenters. The quantitative estimate of drug-likeness (QED) is 0.374. The van der Waals surface area contributed by atoms with Crippen LogP contribution in [0, 0.1) is 5.92 Å². The Morgan fingerprint density at radius 2 is 2.07 bits per heavy atom. The van der Waals surface area contributed by atoms with E-state index in [4.69, 9.17) is 14.5 Å². The van der Waals surface area contributed by atoms with Crippen molar-refractivity contribution < 1.29 is 9.47 Å². The molecular formula is C23H28N2O3S2. The summed E-state index contributed by atoms with van der Waals surface area (Å²) in [6, 6.07) is 7.61. The van der Waals surface area contributed by atoms with Crippen LogP contribution in [-0.4, -0.2) is 28.0 Å². The molecular weight excluding hydrogens is 416 g/mol. The van der Waals surface area contributed by atoms with Gasteiger partial charge in [0.05, 0.1) is 30.4 Å². The van der Waals surface area contributed by atoms with E-state index in [1.165, 1.54) is 0 Å². The first-order valence-electron chi connectivity index (χ1n) is 10.3. The Hall–Kier alpha value is -1.83. The molecule has 4 rings (SSSR count). The van der Waals surface area contributed by atoms with E-state index < -0.39 is 0 Å². The third-order valence-corrected chi connectivity index (χ3v) is 8.07. The summed E-state index contributed by atoms with van der Waals surface area (Å²) in [6.45, 7) is 9.16. The second-order valence-corrected chi connectivity index (χ2v) is 10.5. The predicted molar refractivity (Wildman–Crippen MR) is 125 cm³/mol. The predicted octanol–water partition coefficient (Wildman–Crippen LogP) is 5.45. The van der Waals surface area contributed by atoms with E-state index in [0.717, 1.165) is 55.8 Å². The number of benzene rings is 1. The van der Waals surface area contributed by atoms with Crippen LogP contribution in [0.15, 0.2) is 34.2 Å². The maximum atomic E-state index is 13.8. The Kier molecular flexibility index (Phi) is 5.97. The molecule has 160 valence electrons. The lowest BCUT2D eigenvalue weighted by Crippen LogP contribution is -2.34. The molecule has 3 heterocycles. The Bertz CT molecular complexity index is 1120. The van der Waals surface area contributed by atoms with Crippen molar-refractivity contribution in [3.63, 3.8) is 0 Å². The monoisotopic (exact) mass is 444 g/mol. The number of nitrogens with zero attached hydrogens (tertiary/aromatic N) is 2. The van der Waals surface area contributed by atoms with E-state index in [1.54, 1.807) is 34.8 Å². The van der Waals surface area contributed by atoms with Gasteiger partial charge < -0.3 is 9.47 Å². The summed E-state index contributed by atoms with van der Waals surface area (Å²) < 4.78 is 13.2. The molecule has 0 saturated carbocycles. The summed E-state index contributed by atoms with van der Waals surface area (Å²) in [7, 11) is 1.64. The second kappa shape index (κ2) is 8.36. The minimum atomic E-state index is -0.233. The minimum Gasteiger partial charge on any atom is -0.497 e. The zero-order valence-corrected chi connectivity index (χ0v) is 19.8. The summed E-state index contributed by atoms with van der Waals surface area (Å²) in [5.41, 5.74) is 1.70. The summed E-state index contributed by atoms with van der Waals surface area (Å²) in [4.78, 5) is 20.7. The van der Waals surface area contributed by atoms with Gasteiger partial charge >= 0.3 is 0 Å². The Labute approximate surface area is 185 Å². The molecule has 30 heavy (non-hydrogen) atoms. The fraction of sp³-hybridized carbons (Fsp3) is 0.478. The maximum absolute atomic E-state index is 13.8. The van der Waals surface area contributed by atoms with Gasteiger partial charge in [0, 0.05) is 17.1 Å². The Morgan fingerprint density at radius 1 is 1.33 bits per heavy atom. The normalized spacial score (nSPS) is 18.7. The summed E-state index contributed by atoms with van der Waals surface area (Å²) in [5, 5.41) is 1.49. The van der Waals surface area contributed by atoms with Crippen LogP contribution < -0.4 is 10.3 Å². The minimum absolute atomic E-state index is 0.00859. The third kappa shape index (κ3) is 3.90. The van der Waals surface area contributed by atoms with Crippen LogP contribution >= 0.6 is 23.1 Å². The fourth-order valence-electron chi connectivity index (χ4n) is 3.63. The van der Waals surface area contributed by atoms with Crippen molar-refractivity contribution >= 4 is 33.3 Å². The summed E-state index contributed by atoms with van der Waals surface area (Å²) in [5.74, 6) is 2.17. The lowest BCUT2D eigenvalue weighted by atomic mass is 9.90. The highest BCUT2D eigenvalue weighted by Gasteiger charge is 2.33. The van der Waals surface area contributed by atoms with Crippen molar-refractivity contribution in [2.24, 2.45) is 5.92 Å². The number of hydrogen-bond acceptors (Lipinski definition) is 6. The molecule has 7 heteroatoms. The smallest absolute Gasteiger partial charge is 0.267 e. The number of thiophene rings is 1. The van der Waals surface area contributed by atoms with Crippen LogP contribution in [0.3, 0.4) is 0 Å². The first kappa shape index (κ1) is 21.4. The number of hydrogen-bond donors (Lipinski definition) is 0. The molecule has 0 saturated heterocycles. The van der Waals surface area contributed by atoms with Crippen molar-refractivity contribution in [3.05, 3.63) is 45.1 Å². The molecule has 0 fully saturated rings. The van der Waals surface area contributed by atoms with E-state index in [0.29, 0.717) is 12.5 Å². The summed E-state index contributed by atoms with van der Waals surface area (Å²) in [6.07, 6.45) is 1.66. The molecule has 0 radical (unpaired) electrons. The SMILES string of the molecule is CCC1(C)Cc2c(sc3nc(SCC(C)C)n(-c4ccc(OC)cc4)c(=O)c23)CO1. The molecule has 1 aliphatic heterocycles. The Morgan fingerprint density at radius 3 is 2.70 bits per heavy atom. The van der Waals surface area contributed by atoms with Crippen molar-refractivity contribution in [2.75, 3.05) is 12.9 Å². The highest BCUT2D eigenvalue weighted by Crippen LogP contribution is 2.39. The zero-order valence-electron chi connectivity index (χ0n) is 18.2. The van der Waals surface area contributed by atoms with Gasteiger partial charge in [-0.2, -0.15) is 0 Å². The number of thioether (sulfide) groups is 1. The van der Waals surface area contributed by atoms with Gasteiger partial charge in [-0.15, -0.1) is 11.3 Å². The number of ether oxygens (including phenoxy) is 2. The molecule has 5 nitrogen and oxygen atoms in total. The second-order valence-electron chi connectivity index (χ2n) is 8.39. The zero-order chi connectivity index (χ0) is 21.5. The van der Waals surface area contributed by atoms with Crippen LogP contribution in [0.1, 0.15) is 44.6 Å². The van der Waals surface area contributed by atoms with Gasteiger partial charge in [-0.1, -0.05) is 32.5 Å². The molecule has 0 N–H and O–H groups in total. The first-order valence-corrected chi connectivity index (χ1v) is 12.1. The third-order valence-electron chi connectivity index (χ3n) is 5.60. The maximum Gasteiger partial charge on any atom is 0.267 e. The van der Waals surface area contributed by atoms with Crippen LogP contribution in [-0.2, 0) is 17.8 Å². The standard InChI is InChI=1S/C23H28N2O3S2/c1-6-23(4)11-17-18(12-28-23)30-20-19(17)21(26)25(22(24-20)29-13-14(2)3)15-7-9-16(27-5)10-8-15/h7-10,14H,6,11-13H2,1-5H3. The Balaban J connectivity index is 1.92. The van der Waals surface area contributed by atoms with E-state index in [-0.39, 0.29) is 11.2 Å². The van der Waals surface area contributed by atoms with Gasteiger partial charge in [0.2, 0.25) is 0 Å². The van der Waals surface area contributed by atoms with Crippen LogP contribution in [0.2, 0.25) is 0 Å².